The predicted octanol–water partition coefficient (Wildman–Crippen LogP) is 7.28. The highest BCUT2D eigenvalue weighted by atomic mass is 15.1. The topological polar surface area (TPSA) is 3.24 Å². The highest BCUT2D eigenvalue weighted by Gasteiger charge is 2.14. The highest BCUT2D eigenvalue weighted by Crippen LogP contribution is 2.33. The van der Waals surface area contributed by atoms with Gasteiger partial charge in [-0.15, -0.1) is 0 Å². The second kappa shape index (κ2) is 11.0. The number of benzene rings is 2. The Bertz CT molecular complexity index is 748. The molecular weight excluding hydrogens is 338 g/mol. The zero-order valence-electron chi connectivity index (χ0n) is 17.7. The SMILES string of the molecule is CCCCCCCCN(C)CCC=C1c2ccccc2C=Cc2ccccc21. The Morgan fingerprint density at radius 1 is 0.714 bits per heavy atom. The molecule has 0 heterocycles. The third-order valence-electron chi connectivity index (χ3n) is 5.70. The summed E-state index contributed by atoms with van der Waals surface area (Å²) in [6.07, 6.45) is 16.2. The van der Waals surface area contributed by atoms with E-state index in [2.05, 4.69) is 85.6 Å². The monoisotopic (exact) mass is 373 g/mol. The molecular formula is C27H35N. The van der Waals surface area contributed by atoms with Crippen molar-refractivity contribution in [1.29, 1.82) is 0 Å². The van der Waals surface area contributed by atoms with Gasteiger partial charge in [0.25, 0.3) is 0 Å². The number of rotatable bonds is 10. The third-order valence-corrected chi connectivity index (χ3v) is 5.70. The maximum absolute atomic E-state index is 2.49. The van der Waals surface area contributed by atoms with E-state index < -0.39 is 0 Å². The van der Waals surface area contributed by atoms with Crippen molar-refractivity contribution in [2.75, 3.05) is 20.1 Å². The van der Waals surface area contributed by atoms with Crippen LogP contribution in [0.15, 0.2) is 54.6 Å². The van der Waals surface area contributed by atoms with E-state index >= 15 is 0 Å². The fourth-order valence-corrected chi connectivity index (χ4v) is 4.02. The Labute approximate surface area is 171 Å². The van der Waals surface area contributed by atoms with Crippen molar-refractivity contribution in [1.82, 2.24) is 4.90 Å². The van der Waals surface area contributed by atoms with Gasteiger partial charge in [0.15, 0.2) is 0 Å². The lowest BCUT2D eigenvalue weighted by Crippen LogP contribution is -2.20. The standard InChI is InChI=1S/C27H35N/c1-3-4-5-6-7-12-21-28(2)22-13-18-27-25-16-10-8-14-23(25)19-20-24-15-9-11-17-26(24)27/h8-11,14-20H,3-7,12-13,21-22H2,1-2H3. The minimum absolute atomic E-state index is 1.09. The van der Waals surface area contributed by atoms with Gasteiger partial charge >= 0.3 is 0 Å². The van der Waals surface area contributed by atoms with E-state index in [0.29, 0.717) is 0 Å². The molecule has 1 aliphatic rings. The number of hydrogen-bond acceptors (Lipinski definition) is 1. The molecule has 0 saturated carbocycles. The maximum atomic E-state index is 2.49. The Morgan fingerprint density at radius 3 is 1.93 bits per heavy atom. The van der Waals surface area contributed by atoms with E-state index in [4.69, 9.17) is 0 Å². The fourth-order valence-electron chi connectivity index (χ4n) is 4.02. The first-order chi connectivity index (χ1) is 13.8. The van der Waals surface area contributed by atoms with Crippen LogP contribution in [0.2, 0.25) is 0 Å². The van der Waals surface area contributed by atoms with Crippen LogP contribution in [0.3, 0.4) is 0 Å². The summed E-state index contributed by atoms with van der Waals surface area (Å²) in [5.74, 6) is 0. The van der Waals surface area contributed by atoms with Crippen LogP contribution < -0.4 is 0 Å². The molecule has 148 valence electrons. The molecule has 0 spiro atoms. The largest absolute Gasteiger partial charge is 0.306 e. The Hall–Kier alpha value is -2.12. The van der Waals surface area contributed by atoms with Crippen LogP contribution in [-0.4, -0.2) is 25.0 Å². The highest BCUT2D eigenvalue weighted by molar-refractivity contribution is 5.93. The Kier molecular flexibility index (Phi) is 8.11. The third kappa shape index (κ3) is 5.69. The van der Waals surface area contributed by atoms with Crippen molar-refractivity contribution in [2.45, 2.75) is 51.9 Å². The molecule has 2 aromatic rings. The lowest BCUT2D eigenvalue weighted by molar-refractivity contribution is 0.330. The normalized spacial score (nSPS) is 12.6. The van der Waals surface area contributed by atoms with Gasteiger partial charge in [0.2, 0.25) is 0 Å². The second-order valence-electron chi connectivity index (χ2n) is 7.99. The summed E-state index contributed by atoms with van der Waals surface area (Å²) >= 11 is 0. The van der Waals surface area contributed by atoms with Crippen LogP contribution in [0.1, 0.15) is 74.1 Å². The molecule has 0 bridgehead atoms. The number of unbranched alkanes of at least 4 members (excludes halogenated alkanes) is 5. The molecule has 0 atom stereocenters. The van der Waals surface area contributed by atoms with E-state index in [1.807, 2.05) is 0 Å². The second-order valence-corrected chi connectivity index (χ2v) is 7.99. The average molecular weight is 374 g/mol. The molecule has 0 radical (unpaired) electrons. The minimum Gasteiger partial charge on any atom is -0.306 e. The van der Waals surface area contributed by atoms with Gasteiger partial charge in [0, 0.05) is 6.54 Å². The zero-order valence-corrected chi connectivity index (χ0v) is 17.7. The first-order valence-corrected chi connectivity index (χ1v) is 11.0. The molecule has 1 nitrogen and oxygen atoms in total. The van der Waals surface area contributed by atoms with E-state index in [-0.39, 0.29) is 0 Å². The van der Waals surface area contributed by atoms with Gasteiger partial charge in [-0.1, -0.05) is 106 Å². The summed E-state index contributed by atoms with van der Waals surface area (Å²) < 4.78 is 0. The van der Waals surface area contributed by atoms with Gasteiger partial charge in [0.1, 0.15) is 0 Å². The van der Waals surface area contributed by atoms with Crippen molar-refractivity contribution in [3.63, 3.8) is 0 Å². The van der Waals surface area contributed by atoms with Crippen LogP contribution >= 0.6 is 0 Å². The Morgan fingerprint density at radius 2 is 1.29 bits per heavy atom. The molecule has 0 saturated heterocycles. The van der Waals surface area contributed by atoms with Crippen LogP contribution in [0, 0.1) is 0 Å². The fraction of sp³-hybridized carbons (Fsp3) is 0.407. The molecule has 0 aromatic heterocycles. The molecule has 28 heavy (non-hydrogen) atoms. The van der Waals surface area contributed by atoms with Crippen molar-refractivity contribution >= 4 is 17.7 Å². The van der Waals surface area contributed by atoms with Gasteiger partial charge in [0.05, 0.1) is 0 Å². The Balaban J connectivity index is 1.61. The van der Waals surface area contributed by atoms with E-state index in [9.17, 15) is 0 Å². The first-order valence-electron chi connectivity index (χ1n) is 11.0. The van der Waals surface area contributed by atoms with Crippen LogP contribution in [0.25, 0.3) is 17.7 Å². The molecule has 2 aromatic carbocycles. The predicted molar refractivity (Wildman–Crippen MR) is 124 cm³/mol. The molecule has 0 unspecified atom stereocenters. The number of fused-ring (bicyclic) bond motifs is 2. The summed E-state index contributed by atoms with van der Waals surface area (Å²) in [6.45, 7) is 4.61. The quantitative estimate of drug-likeness (QED) is 0.337. The molecule has 0 amide bonds. The van der Waals surface area contributed by atoms with Gasteiger partial charge in [-0.25, -0.2) is 0 Å². The van der Waals surface area contributed by atoms with Gasteiger partial charge in [-0.2, -0.15) is 0 Å². The van der Waals surface area contributed by atoms with Crippen LogP contribution in [0.5, 0.6) is 0 Å². The molecule has 0 aliphatic heterocycles. The smallest absolute Gasteiger partial charge is 0.00132 e. The van der Waals surface area contributed by atoms with E-state index in [1.54, 1.807) is 0 Å². The molecule has 0 fully saturated rings. The van der Waals surface area contributed by atoms with Crippen molar-refractivity contribution < 1.29 is 0 Å². The zero-order chi connectivity index (χ0) is 19.6. The number of nitrogens with zero attached hydrogens (tertiary/aromatic N) is 1. The summed E-state index contributed by atoms with van der Waals surface area (Å²) in [4.78, 5) is 2.49. The molecule has 0 N–H and O–H groups in total. The van der Waals surface area contributed by atoms with Gasteiger partial charge in [-0.3, -0.25) is 0 Å². The lowest BCUT2D eigenvalue weighted by Gasteiger charge is -2.17. The van der Waals surface area contributed by atoms with Gasteiger partial charge in [-0.05, 0) is 54.3 Å². The lowest BCUT2D eigenvalue weighted by atomic mass is 9.93. The molecule has 1 heteroatoms. The van der Waals surface area contributed by atoms with Crippen molar-refractivity contribution in [2.24, 2.45) is 0 Å². The maximum Gasteiger partial charge on any atom is 0.00132 e. The van der Waals surface area contributed by atoms with Crippen LogP contribution in [0.4, 0.5) is 0 Å². The number of hydrogen-bond donors (Lipinski definition) is 0. The molecule has 3 rings (SSSR count). The summed E-state index contributed by atoms with van der Waals surface area (Å²) in [5, 5.41) is 0. The summed E-state index contributed by atoms with van der Waals surface area (Å²) in [5.41, 5.74) is 6.70. The average Bonchev–Trinajstić information content (AvgIpc) is 2.88. The van der Waals surface area contributed by atoms with Crippen LogP contribution in [-0.2, 0) is 0 Å². The molecule has 1 aliphatic carbocycles. The minimum atomic E-state index is 1.09. The first kappa shape index (κ1) is 20.6. The summed E-state index contributed by atoms with van der Waals surface area (Å²) in [7, 11) is 2.26. The van der Waals surface area contributed by atoms with Crippen molar-refractivity contribution in [3.8, 4) is 0 Å². The van der Waals surface area contributed by atoms with E-state index in [0.717, 1.165) is 13.0 Å². The summed E-state index contributed by atoms with van der Waals surface area (Å²) in [6, 6.07) is 17.5. The van der Waals surface area contributed by atoms with Crippen molar-refractivity contribution in [3.05, 3.63) is 76.9 Å². The van der Waals surface area contributed by atoms with E-state index in [1.165, 1.54) is 72.9 Å². The van der Waals surface area contributed by atoms with Gasteiger partial charge < -0.3 is 4.90 Å².